The smallest absolute Gasteiger partial charge is 0.411 e. The van der Waals surface area contributed by atoms with E-state index in [-0.39, 0.29) is 26.4 Å². The van der Waals surface area contributed by atoms with Crippen LogP contribution in [0.3, 0.4) is 0 Å². The van der Waals surface area contributed by atoms with E-state index >= 15 is 0 Å². The lowest BCUT2D eigenvalue weighted by Gasteiger charge is -2.18. The molecule has 182 valence electrons. The Labute approximate surface area is 199 Å². The first-order chi connectivity index (χ1) is 16.4. The van der Waals surface area contributed by atoms with Crippen molar-refractivity contribution in [3.63, 3.8) is 0 Å². The summed E-state index contributed by atoms with van der Waals surface area (Å²) in [5.74, 6) is -1.04. The maximum Gasteiger partial charge on any atom is 0.411 e. The molecule has 2 aliphatic heterocycles. The quantitative estimate of drug-likeness (QED) is 0.379. The molecule has 0 aliphatic carbocycles. The van der Waals surface area contributed by atoms with Crippen molar-refractivity contribution in [1.82, 2.24) is 4.90 Å². The highest BCUT2D eigenvalue weighted by atomic mass is 31.2. The number of carbonyl (C=O) groups excluding carboxylic acids is 2. The van der Waals surface area contributed by atoms with Crippen LogP contribution < -0.4 is 9.64 Å². The maximum atomic E-state index is 14.1. The zero-order valence-corrected chi connectivity index (χ0v) is 20.6. The Morgan fingerprint density at radius 2 is 1.71 bits per heavy atom. The standard InChI is InChI=1S/C24H29N2O7P/c1-5-31-23(28)26-22(34(29,32-6-2)33-7-3)24(26)19-15-18(30-4)13-14-20(19)25(21(24)27)16-17-11-9-8-10-12-17/h8-15,22H,5-7,16H2,1-4H3. The highest BCUT2D eigenvalue weighted by Crippen LogP contribution is 2.74. The van der Waals surface area contributed by atoms with Gasteiger partial charge in [-0.3, -0.25) is 14.3 Å². The van der Waals surface area contributed by atoms with Gasteiger partial charge in [-0.25, -0.2) is 4.79 Å². The predicted octanol–water partition coefficient (Wildman–Crippen LogP) is 4.50. The number of hydrogen-bond acceptors (Lipinski definition) is 7. The third-order valence-electron chi connectivity index (χ3n) is 5.97. The Morgan fingerprint density at radius 1 is 1.03 bits per heavy atom. The first-order valence-electron chi connectivity index (χ1n) is 11.3. The number of ether oxygens (including phenoxy) is 2. The lowest BCUT2D eigenvalue weighted by atomic mass is 10.0. The van der Waals surface area contributed by atoms with Crippen LogP contribution in [0.1, 0.15) is 31.9 Å². The number of hydrogen-bond donors (Lipinski definition) is 0. The molecule has 2 aliphatic rings. The summed E-state index contributed by atoms with van der Waals surface area (Å²) in [6.45, 7) is 5.59. The largest absolute Gasteiger partial charge is 0.497 e. The van der Waals surface area contributed by atoms with Crippen LogP contribution in [0.5, 0.6) is 5.75 Å². The Bertz CT molecular complexity index is 1120. The number of rotatable bonds is 9. The molecule has 2 aromatic carbocycles. The summed E-state index contributed by atoms with van der Waals surface area (Å²) >= 11 is 0. The van der Waals surface area contributed by atoms with E-state index in [2.05, 4.69) is 0 Å². The molecule has 2 aromatic rings. The van der Waals surface area contributed by atoms with Gasteiger partial charge in [-0.05, 0) is 44.5 Å². The molecule has 1 spiro atoms. The summed E-state index contributed by atoms with van der Waals surface area (Å²) in [4.78, 5) is 30.0. The van der Waals surface area contributed by atoms with Crippen molar-refractivity contribution < 1.29 is 32.7 Å². The fraction of sp³-hybridized carbons (Fsp3) is 0.417. The van der Waals surface area contributed by atoms with Crippen molar-refractivity contribution >= 4 is 25.3 Å². The van der Waals surface area contributed by atoms with Crippen LogP contribution in [0.25, 0.3) is 0 Å². The lowest BCUT2D eigenvalue weighted by molar-refractivity contribution is -0.121. The minimum absolute atomic E-state index is 0.0907. The monoisotopic (exact) mass is 488 g/mol. The Balaban J connectivity index is 1.89. The minimum Gasteiger partial charge on any atom is -0.497 e. The van der Waals surface area contributed by atoms with Crippen molar-refractivity contribution in [3.8, 4) is 5.75 Å². The molecule has 34 heavy (non-hydrogen) atoms. The molecular weight excluding hydrogens is 459 g/mol. The van der Waals surface area contributed by atoms with Gasteiger partial charge in [0.15, 0.2) is 11.3 Å². The summed E-state index contributed by atoms with van der Waals surface area (Å²) in [6, 6.07) is 14.7. The zero-order valence-electron chi connectivity index (χ0n) is 19.7. The number of benzene rings is 2. The third-order valence-corrected chi connectivity index (χ3v) is 8.41. The Morgan fingerprint density at radius 3 is 2.29 bits per heavy atom. The molecule has 2 unspecified atom stereocenters. The SMILES string of the molecule is CCOC(=O)N1C(P(=O)(OCC)OCC)C12C(=O)N(Cc1ccccc1)c1ccc(OC)cc12. The molecule has 0 N–H and O–H groups in total. The van der Waals surface area contributed by atoms with Crippen LogP contribution in [-0.2, 0) is 35.2 Å². The highest BCUT2D eigenvalue weighted by molar-refractivity contribution is 7.55. The molecule has 0 radical (unpaired) electrons. The first-order valence-corrected chi connectivity index (χ1v) is 12.9. The van der Waals surface area contributed by atoms with Gasteiger partial charge >= 0.3 is 13.7 Å². The predicted molar refractivity (Wildman–Crippen MR) is 126 cm³/mol. The van der Waals surface area contributed by atoms with E-state index in [1.807, 2.05) is 30.3 Å². The van der Waals surface area contributed by atoms with E-state index in [1.54, 1.807) is 43.9 Å². The van der Waals surface area contributed by atoms with Crippen molar-refractivity contribution in [2.45, 2.75) is 38.6 Å². The van der Waals surface area contributed by atoms with E-state index in [0.29, 0.717) is 17.0 Å². The van der Waals surface area contributed by atoms with Crippen molar-refractivity contribution in [2.24, 2.45) is 0 Å². The van der Waals surface area contributed by atoms with Crippen LogP contribution >= 0.6 is 7.60 Å². The van der Waals surface area contributed by atoms with Gasteiger partial charge in [0.1, 0.15) is 5.75 Å². The second-order valence-electron chi connectivity index (χ2n) is 7.84. The molecule has 0 aromatic heterocycles. The molecular formula is C24H29N2O7P. The lowest BCUT2D eigenvalue weighted by Crippen LogP contribution is -2.36. The number of amides is 2. The summed E-state index contributed by atoms with van der Waals surface area (Å²) in [5, 5.41) is 0. The number of nitrogens with zero attached hydrogens (tertiary/aromatic N) is 2. The van der Waals surface area contributed by atoms with Crippen molar-refractivity contribution in [3.05, 3.63) is 59.7 Å². The molecule has 1 saturated heterocycles. The van der Waals surface area contributed by atoms with Gasteiger partial charge in [-0.2, -0.15) is 0 Å². The molecule has 2 amide bonds. The maximum absolute atomic E-state index is 14.1. The average molecular weight is 488 g/mol. The van der Waals surface area contributed by atoms with Gasteiger partial charge in [0, 0.05) is 5.56 Å². The summed E-state index contributed by atoms with van der Waals surface area (Å²) in [6.07, 6.45) is -0.754. The van der Waals surface area contributed by atoms with Crippen molar-refractivity contribution in [1.29, 1.82) is 0 Å². The van der Waals surface area contributed by atoms with Gasteiger partial charge in [0.25, 0.3) is 5.91 Å². The highest BCUT2D eigenvalue weighted by Gasteiger charge is 2.83. The van der Waals surface area contributed by atoms with Crippen LogP contribution in [0.15, 0.2) is 48.5 Å². The molecule has 0 bridgehead atoms. The third kappa shape index (κ3) is 3.68. The average Bonchev–Trinajstić information content (AvgIpc) is 3.50. The zero-order chi connectivity index (χ0) is 24.5. The second kappa shape index (κ2) is 9.41. The number of carbonyl (C=O) groups is 2. The van der Waals surface area contributed by atoms with Crippen LogP contribution in [0, 0.1) is 0 Å². The number of fused-ring (bicyclic) bond motifs is 2. The molecule has 0 saturated carbocycles. The van der Waals surface area contributed by atoms with Gasteiger partial charge < -0.3 is 23.4 Å². The van der Waals surface area contributed by atoms with E-state index in [1.165, 1.54) is 12.0 Å². The molecule has 2 heterocycles. The van der Waals surface area contributed by atoms with Crippen molar-refractivity contribution in [2.75, 3.05) is 31.8 Å². The molecule has 10 heteroatoms. The van der Waals surface area contributed by atoms with E-state index in [4.69, 9.17) is 18.5 Å². The van der Waals surface area contributed by atoms with Gasteiger partial charge in [-0.1, -0.05) is 30.3 Å². The van der Waals surface area contributed by atoms with Crippen LogP contribution in [0.2, 0.25) is 0 Å². The van der Waals surface area contributed by atoms with Crippen LogP contribution in [0.4, 0.5) is 10.5 Å². The van der Waals surface area contributed by atoms with Gasteiger partial charge in [0.2, 0.25) is 0 Å². The fourth-order valence-corrected chi connectivity index (χ4v) is 7.04. The van der Waals surface area contributed by atoms with E-state index in [0.717, 1.165) is 5.56 Å². The fourth-order valence-electron chi connectivity index (χ4n) is 4.64. The Kier molecular flexibility index (Phi) is 6.71. The van der Waals surface area contributed by atoms with Gasteiger partial charge in [0.05, 0.1) is 39.2 Å². The number of methoxy groups -OCH3 is 1. The topological polar surface area (TPSA) is 94.4 Å². The Hall–Kier alpha value is -2.87. The molecule has 4 rings (SSSR count). The summed E-state index contributed by atoms with van der Waals surface area (Å²) < 4.78 is 35.8. The first kappa shape index (κ1) is 24.3. The van der Waals surface area contributed by atoms with E-state index in [9.17, 15) is 14.2 Å². The second-order valence-corrected chi connectivity index (χ2v) is 9.93. The van der Waals surface area contributed by atoms with Gasteiger partial charge in [-0.15, -0.1) is 0 Å². The van der Waals surface area contributed by atoms with Crippen LogP contribution in [-0.4, -0.2) is 49.6 Å². The molecule has 9 nitrogen and oxygen atoms in total. The minimum atomic E-state index is -3.92. The summed E-state index contributed by atoms with van der Waals surface area (Å²) in [5.41, 5.74) is 0.439. The number of anilines is 1. The molecule has 2 atom stereocenters. The normalized spacial score (nSPS) is 21.1. The molecule has 1 fully saturated rings. The summed E-state index contributed by atoms with van der Waals surface area (Å²) in [7, 11) is -2.40. The van der Waals surface area contributed by atoms with E-state index < -0.39 is 30.9 Å².